The first-order valence-corrected chi connectivity index (χ1v) is 17.1. The van der Waals surface area contributed by atoms with Crippen LogP contribution in [-0.2, 0) is 10.0 Å². The number of hydrogen-bond acceptors (Lipinski definition) is 8. The van der Waals surface area contributed by atoms with Crippen molar-refractivity contribution in [3.8, 4) is 5.82 Å². The van der Waals surface area contributed by atoms with Crippen molar-refractivity contribution < 1.29 is 27.1 Å². The minimum Gasteiger partial charge on any atom is -0.396 e. The van der Waals surface area contributed by atoms with Crippen molar-refractivity contribution in [2.24, 2.45) is 5.92 Å². The number of halogens is 3. The number of aliphatic hydroxyl groups excluding tert-OH is 1. The average molecular weight is 704 g/mol. The summed E-state index contributed by atoms with van der Waals surface area (Å²) in [6.45, 7) is 2.54. The van der Waals surface area contributed by atoms with E-state index in [1.165, 1.54) is 31.5 Å². The molecule has 0 radical (unpaired) electrons. The summed E-state index contributed by atoms with van der Waals surface area (Å²) in [7, 11) is -4.30. The van der Waals surface area contributed by atoms with E-state index in [2.05, 4.69) is 20.0 Å². The van der Waals surface area contributed by atoms with Gasteiger partial charge in [0, 0.05) is 42.2 Å². The number of carbonyl (C=O) groups excluding carboxylic acids is 1. The van der Waals surface area contributed by atoms with Crippen molar-refractivity contribution in [1.29, 1.82) is 0 Å². The molecule has 6 aromatic rings. The zero-order valence-corrected chi connectivity index (χ0v) is 27.4. The Morgan fingerprint density at radius 3 is 2.67 bits per heavy atom. The normalized spacial score (nSPS) is 14.9. The predicted octanol–water partition coefficient (Wildman–Crippen LogP) is 6.21. The Bertz CT molecular complexity index is 2390. The third-order valence-corrected chi connectivity index (χ3v) is 10.5. The third kappa shape index (κ3) is 5.92. The molecular formula is C34H28ClF2N7O4S. The summed E-state index contributed by atoms with van der Waals surface area (Å²) in [6, 6.07) is 16.9. The number of para-hydroxylation sites is 1. The van der Waals surface area contributed by atoms with Crippen molar-refractivity contribution >= 4 is 66.7 Å². The maximum Gasteiger partial charge on any atom is 0.262 e. The molecule has 1 fully saturated rings. The van der Waals surface area contributed by atoms with Crippen LogP contribution in [0.15, 0.2) is 84.1 Å². The lowest BCUT2D eigenvalue weighted by molar-refractivity contribution is 0.0783. The molecule has 7 rings (SSSR count). The first-order chi connectivity index (χ1) is 23.6. The topological polar surface area (TPSA) is 142 Å². The van der Waals surface area contributed by atoms with Crippen molar-refractivity contribution in [3.05, 3.63) is 107 Å². The Morgan fingerprint density at radius 1 is 1.06 bits per heavy atom. The highest BCUT2D eigenvalue weighted by Crippen LogP contribution is 2.33. The number of benzene rings is 3. The SMILES string of the molecule is Cc1c(Cl)cccc1S(=O)(=O)Nc1ccc(F)c(Nc2ncnc3ccc(-n4cc(C(=O)N5CC[C@@H](CO)C5)c5ccccc54)nc23)c1F. The first kappa shape index (κ1) is 32.4. The summed E-state index contributed by atoms with van der Waals surface area (Å²) < 4.78 is 61.2. The summed E-state index contributed by atoms with van der Waals surface area (Å²) in [5.41, 5.74) is 0.788. The van der Waals surface area contributed by atoms with Gasteiger partial charge in [-0.25, -0.2) is 32.2 Å². The molecule has 4 heterocycles. The van der Waals surface area contributed by atoms with Crippen LogP contribution in [0.25, 0.3) is 27.8 Å². The first-order valence-electron chi connectivity index (χ1n) is 15.2. The smallest absolute Gasteiger partial charge is 0.262 e. The zero-order chi connectivity index (χ0) is 34.4. The van der Waals surface area contributed by atoms with Gasteiger partial charge < -0.3 is 19.9 Å². The molecular weight excluding hydrogens is 676 g/mol. The van der Waals surface area contributed by atoms with Crippen LogP contribution in [0.2, 0.25) is 5.02 Å². The van der Waals surface area contributed by atoms with Gasteiger partial charge in [0.05, 0.1) is 27.2 Å². The van der Waals surface area contributed by atoms with E-state index in [-0.39, 0.29) is 45.2 Å². The lowest BCUT2D eigenvalue weighted by Crippen LogP contribution is -2.29. The van der Waals surface area contributed by atoms with Crippen LogP contribution in [0, 0.1) is 24.5 Å². The maximum absolute atomic E-state index is 15.8. The number of anilines is 3. The van der Waals surface area contributed by atoms with Crippen LogP contribution in [0.4, 0.5) is 26.0 Å². The number of likely N-dealkylation sites (tertiary alicyclic amines) is 1. The molecule has 3 N–H and O–H groups in total. The van der Waals surface area contributed by atoms with Crippen molar-refractivity contribution in [2.75, 3.05) is 29.7 Å². The molecule has 11 nitrogen and oxygen atoms in total. The molecule has 250 valence electrons. The standard InChI is InChI=1S/C34H28ClF2N7O4S/c1-19-23(35)6-4-8-28(19)49(47,48)42-25-10-9-24(36)31(30(25)37)41-33-32-26(38-18-39-33)11-12-29(40-32)44-16-22(21-5-2-3-7-27(21)44)34(46)43-14-13-20(15-43)17-45/h2-12,16,18,20,42,45H,13-15,17H2,1H3,(H,38,39,41)/t20-/m1/s1. The average Bonchev–Trinajstić information content (AvgIpc) is 3.74. The van der Waals surface area contributed by atoms with Crippen LogP contribution < -0.4 is 10.0 Å². The molecule has 3 aromatic carbocycles. The third-order valence-electron chi connectivity index (χ3n) is 8.57. The van der Waals surface area contributed by atoms with Crippen LogP contribution in [0.5, 0.6) is 0 Å². The largest absolute Gasteiger partial charge is 0.396 e. The molecule has 1 amide bonds. The number of nitrogens with one attached hydrogen (secondary N) is 2. The number of aliphatic hydroxyl groups is 1. The Labute approximate surface area is 284 Å². The van der Waals surface area contributed by atoms with E-state index < -0.39 is 33.0 Å². The van der Waals surface area contributed by atoms with Gasteiger partial charge in [0.2, 0.25) is 0 Å². The fraction of sp³-hybridized carbons (Fsp3) is 0.176. The number of hydrogen-bond donors (Lipinski definition) is 3. The van der Waals surface area contributed by atoms with Gasteiger partial charge in [0.25, 0.3) is 15.9 Å². The molecule has 1 aliphatic heterocycles. The van der Waals surface area contributed by atoms with Gasteiger partial charge in [-0.1, -0.05) is 35.9 Å². The summed E-state index contributed by atoms with van der Waals surface area (Å²) in [5, 5.41) is 13.1. The van der Waals surface area contributed by atoms with E-state index in [0.29, 0.717) is 40.9 Å². The number of nitrogens with zero attached hydrogens (tertiary/aromatic N) is 5. The van der Waals surface area contributed by atoms with E-state index in [0.717, 1.165) is 18.6 Å². The van der Waals surface area contributed by atoms with Crippen LogP contribution in [-0.4, -0.2) is 63.5 Å². The van der Waals surface area contributed by atoms with Crippen molar-refractivity contribution in [3.63, 3.8) is 0 Å². The van der Waals surface area contributed by atoms with E-state index in [1.54, 1.807) is 27.8 Å². The van der Waals surface area contributed by atoms with Gasteiger partial charge >= 0.3 is 0 Å². The van der Waals surface area contributed by atoms with Crippen molar-refractivity contribution in [1.82, 2.24) is 24.4 Å². The number of aromatic nitrogens is 4. The van der Waals surface area contributed by atoms with Gasteiger partial charge in [0.1, 0.15) is 29.2 Å². The molecule has 0 unspecified atom stereocenters. The number of pyridine rings is 1. The molecule has 15 heteroatoms. The highest BCUT2D eigenvalue weighted by atomic mass is 35.5. The van der Waals surface area contributed by atoms with Gasteiger partial charge in [0.15, 0.2) is 11.6 Å². The zero-order valence-electron chi connectivity index (χ0n) is 25.9. The predicted molar refractivity (Wildman–Crippen MR) is 182 cm³/mol. The van der Waals surface area contributed by atoms with Gasteiger partial charge in [-0.05, 0) is 61.4 Å². The number of amides is 1. The summed E-state index contributed by atoms with van der Waals surface area (Å²) in [4.78, 5) is 28.3. The molecule has 0 aliphatic carbocycles. The van der Waals surface area contributed by atoms with E-state index in [1.807, 2.05) is 24.3 Å². The summed E-state index contributed by atoms with van der Waals surface area (Å²) in [5.74, 6) is -2.01. The minimum atomic E-state index is -4.30. The van der Waals surface area contributed by atoms with Crippen LogP contribution in [0.1, 0.15) is 22.3 Å². The number of sulfonamides is 1. The summed E-state index contributed by atoms with van der Waals surface area (Å²) >= 11 is 6.10. The van der Waals surface area contributed by atoms with Gasteiger partial charge in [-0.2, -0.15) is 0 Å². The van der Waals surface area contributed by atoms with Gasteiger partial charge in [-0.3, -0.25) is 9.52 Å². The lowest BCUT2D eigenvalue weighted by Gasteiger charge is -2.15. The van der Waals surface area contributed by atoms with E-state index in [9.17, 15) is 18.3 Å². The Kier molecular flexibility index (Phi) is 8.38. The second-order valence-electron chi connectivity index (χ2n) is 11.7. The number of fused-ring (bicyclic) bond motifs is 2. The number of carbonyl (C=O) groups is 1. The summed E-state index contributed by atoms with van der Waals surface area (Å²) in [6.07, 6.45) is 3.62. The van der Waals surface area contributed by atoms with Crippen molar-refractivity contribution in [2.45, 2.75) is 18.2 Å². The fourth-order valence-corrected chi connectivity index (χ4v) is 7.53. The van der Waals surface area contributed by atoms with Crippen LogP contribution >= 0.6 is 11.6 Å². The molecule has 0 saturated carbocycles. The molecule has 1 atom stereocenters. The Hall–Kier alpha value is -5.18. The minimum absolute atomic E-state index is 0.0153. The molecule has 0 spiro atoms. The quantitative estimate of drug-likeness (QED) is 0.170. The molecule has 0 bridgehead atoms. The highest BCUT2D eigenvalue weighted by molar-refractivity contribution is 7.92. The molecule has 1 saturated heterocycles. The molecule has 49 heavy (non-hydrogen) atoms. The Morgan fingerprint density at radius 2 is 1.88 bits per heavy atom. The highest BCUT2D eigenvalue weighted by Gasteiger charge is 2.29. The Balaban J connectivity index is 1.25. The lowest BCUT2D eigenvalue weighted by atomic mass is 10.1. The van der Waals surface area contributed by atoms with Crippen LogP contribution in [0.3, 0.4) is 0 Å². The molecule has 1 aliphatic rings. The molecule has 3 aromatic heterocycles. The fourth-order valence-electron chi connectivity index (χ4n) is 5.97. The second kappa shape index (κ2) is 12.7. The monoisotopic (exact) mass is 703 g/mol. The van der Waals surface area contributed by atoms with E-state index >= 15 is 8.78 Å². The van der Waals surface area contributed by atoms with Gasteiger partial charge in [-0.15, -0.1) is 0 Å². The maximum atomic E-state index is 15.8. The number of rotatable bonds is 8. The van der Waals surface area contributed by atoms with E-state index in [4.69, 9.17) is 16.6 Å². The second-order valence-corrected chi connectivity index (χ2v) is 13.7.